The Hall–Kier alpha value is -2.64. The molecule has 1 fully saturated rings. The highest BCUT2D eigenvalue weighted by Gasteiger charge is 2.55. The highest BCUT2D eigenvalue weighted by atomic mass is 16.6. The predicted octanol–water partition coefficient (Wildman–Crippen LogP) is 3.68. The summed E-state index contributed by atoms with van der Waals surface area (Å²) < 4.78 is 27.9. The summed E-state index contributed by atoms with van der Waals surface area (Å²) in [6.07, 6.45) is 8.95. The Labute approximate surface area is 197 Å². The number of rotatable bonds is 12. The molecule has 3 unspecified atom stereocenters. The summed E-state index contributed by atoms with van der Waals surface area (Å²) in [6.45, 7) is 14.4. The van der Waals surface area contributed by atoms with Gasteiger partial charge < -0.3 is 20.9 Å². The Morgan fingerprint density at radius 2 is 1.91 bits per heavy atom. The molecule has 1 aliphatic carbocycles. The third-order valence-corrected chi connectivity index (χ3v) is 4.39. The quantitative estimate of drug-likeness (QED) is 0.114. The summed E-state index contributed by atoms with van der Waals surface area (Å²) in [6, 6.07) is 0. The van der Waals surface area contributed by atoms with Gasteiger partial charge in [0, 0.05) is 10.0 Å². The Bertz CT molecular complexity index is 702. The van der Waals surface area contributed by atoms with Crippen molar-refractivity contribution in [2.45, 2.75) is 85.3 Å². The number of hydrogen-bond donors (Lipinski definition) is 2. The number of carbonyl (C=O) groups excluding carboxylic acids is 3. The maximum atomic E-state index is 11.7. The summed E-state index contributed by atoms with van der Waals surface area (Å²) in [4.78, 5) is 37.8. The molecule has 0 saturated heterocycles. The van der Waals surface area contributed by atoms with Gasteiger partial charge in [0.25, 0.3) is 0 Å². The van der Waals surface area contributed by atoms with Crippen molar-refractivity contribution in [2.75, 3.05) is 6.54 Å². The van der Waals surface area contributed by atoms with Gasteiger partial charge in [0.1, 0.15) is 24.2 Å². The molecule has 3 atom stereocenters. The summed E-state index contributed by atoms with van der Waals surface area (Å²) in [5.41, 5.74) is 9.57. The van der Waals surface area contributed by atoms with Crippen molar-refractivity contribution >= 4 is 23.7 Å². The molecular weight excluding hydrogens is 410 g/mol. The van der Waals surface area contributed by atoms with Crippen molar-refractivity contribution in [3.8, 4) is 0 Å². The number of nitrogens with zero attached hydrogens (tertiary/aromatic N) is 1. The van der Waals surface area contributed by atoms with Crippen molar-refractivity contribution in [2.24, 2.45) is 28.3 Å². The van der Waals surface area contributed by atoms with Crippen LogP contribution in [-0.4, -0.2) is 41.9 Å². The number of unbranched alkanes of at least 4 members (excludes halogenated alkanes) is 3. The number of esters is 2. The van der Waals surface area contributed by atoms with E-state index < -0.39 is 24.8 Å². The largest absolute Gasteiger partial charge is 0.459 e. The minimum Gasteiger partial charge on any atom is -0.459 e. The van der Waals surface area contributed by atoms with Crippen LogP contribution in [0.15, 0.2) is 30.3 Å². The van der Waals surface area contributed by atoms with Crippen molar-refractivity contribution in [1.29, 1.82) is 0 Å². The summed E-state index contributed by atoms with van der Waals surface area (Å²) in [7, 11) is -1.42. The number of allylic oxidation sites excluding steroid dienone is 1. The molecule has 0 aromatic rings. The third kappa shape index (κ3) is 14.4. The maximum absolute atomic E-state index is 11.7. The zero-order chi connectivity index (χ0) is 27.6. The number of aliphatic imine (C=N–C) groups is 1. The second-order valence-electron chi connectivity index (χ2n) is 8.36. The minimum absolute atomic E-state index is 0.0629. The fourth-order valence-corrected chi connectivity index (χ4v) is 2.74. The fourth-order valence-electron chi connectivity index (χ4n) is 2.74. The fraction of sp³-hybridized carbons (Fsp3) is 0.667. The van der Waals surface area contributed by atoms with E-state index in [0.29, 0.717) is 6.42 Å². The molecule has 0 heterocycles. The maximum Gasteiger partial charge on any atom is 0.328 e. The van der Waals surface area contributed by atoms with E-state index in [-0.39, 0.29) is 36.3 Å². The smallest absolute Gasteiger partial charge is 0.328 e. The molecule has 0 amide bonds. The lowest BCUT2D eigenvalue weighted by Crippen LogP contribution is -2.25. The molecule has 1 rings (SSSR count). The van der Waals surface area contributed by atoms with E-state index in [0.717, 1.165) is 32.1 Å². The van der Waals surface area contributed by atoms with E-state index >= 15 is 0 Å². The lowest BCUT2D eigenvalue weighted by atomic mass is 10.1. The minimum atomic E-state index is -1.42. The SMILES string of the molecule is C=CC(CC)OC(=O)CN=C(N)N.C=CCCCCCC1C(=O)C1C(=O)OC(C)(C)C.[2H]C([2H])[2H]. The highest BCUT2D eigenvalue weighted by Crippen LogP contribution is 2.39. The molecule has 1 aliphatic rings. The lowest BCUT2D eigenvalue weighted by molar-refractivity contribution is -0.157. The topological polar surface area (TPSA) is 134 Å². The van der Waals surface area contributed by atoms with Crippen molar-refractivity contribution in [3.63, 3.8) is 0 Å². The number of carbonyl (C=O) groups is 3. The van der Waals surface area contributed by atoms with Crippen LogP contribution in [0.4, 0.5) is 0 Å². The zero-order valence-electron chi connectivity index (χ0n) is 23.0. The van der Waals surface area contributed by atoms with Crippen LogP contribution >= 0.6 is 0 Å². The predicted molar refractivity (Wildman–Crippen MR) is 129 cm³/mol. The van der Waals surface area contributed by atoms with E-state index in [1.165, 1.54) is 0 Å². The Kier molecular flexibility index (Phi) is 12.9. The molecular formula is C24H43N3O5. The van der Waals surface area contributed by atoms with Crippen LogP contribution in [0.3, 0.4) is 0 Å². The van der Waals surface area contributed by atoms with E-state index in [2.05, 4.69) is 18.2 Å². The third-order valence-electron chi connectivity index (χ3n) is 4.39. The molecule has 0 bridgehead atoms. The van der Waals surface area contributed by atoms with E-state index in [1.54, 1.807) is 6.08 Å². The van der Waals surface area contributed by atoms with Gasteiger partial charge in [-0.05, 0) is 46.5 Å². The van der Waals surface area contributed by atoms with Crippen LogP contribution in [0.1, 0.15) is 77.7 Å². The van der Waals surface area contributed by atoms with Gasteiger partial charge in [-0.2, -0.15) is 0 Å². The summed E-state index contributed by atoms with van der Waals surface area (Å²) in [5.74, 6) is -1.42. The van der Waals surface area contributed by atoms with Crippen LogP contribution in [0.5, 0.6) is 0 Å². The van der Waals surface area contributed by atoms with Gasteiger partial charge in [0.05, 0.1) is 0 Å². The molecule has 8 nitrogen and oxygen atoms in total. The standard InChI is InChI=1S/C15H24O3.C8H15N3O2.CH4/c1-5-6-7-8-9-10-11-12(13(11)16)14(17)18-15(2,3)4;1-3-6(4-2)13-7(12)5-11-8(9)10;/h5,11-12H,1,6-10H2,2-4H3;3,6H,1,4-5H2,2H3,(H4,9,10,11);1H4/i;;1D3. The Balaban J connectivity index is 0. The first-order valence-corrected chi connectivity index (χ1v) is 10.7. The lowest BCUT2D eigenvalue weighted by Gasteiger charge is -2.19. The van der Waals surface area contributed by atoms with Crippen LogP contribution < -0.4 is 11.5 Å². The molecule has 184 valence electrons. The van der Waals surface area contributed by atoms with Crippen molar-refractivity contribution < 1.29 is 28.0 Å². The van der Waals surface area contributed by atoms with E-state index in [4.69, 9.17) is 25.1 Å². The molecule has 4 N–H and O–H groups in total. The second-order valence-corrected chi connectivity index (χ2v) is 8.36. The van der Waals surface area contributed by atoms with Gasteiger partial charge in [0.15, 0.2) is 11.7 Å². The number of guanidine groups is 1. The normalized spacial score (nSPS) is 18.7. The monoisotopic (exact) mass is 456 g/mol. The van der Waals surface area contributed by atoms with Gasteiger partial charge in [-0.1, -0.05) is 45.9 Å². The van der Waals surface area contributed by atoms with Gasteiger partial charge in [-0.25, -0.2) is 4.99 Å². The molecule has 0 aromatic heterocycles. The molecule has 0 radical (unpaired) electrons. The van der Waals surface area contributed by atoms with Gasteiger partial charge in [-0.15, -0.1) is 6.58 Å². The molecule has 0 spiro atoms. The summed E-state index contributed by atoms with van der Waals surface area (Å²) in [5, 5.41) is 0. The first kappa shape index (κ1) is 25.6. The van der Waals surface area contributed by atoms with Gasteiger partial charge in [-0.3, -0.25) is 14.4 Å². The first-order chi connectivity index (χ1) is 16.2. The Morgan fingerprint density at radius 1 is 1.28 bits per heavy atom. The number of Topliss-reactive ketones (excluding diaryl/α,β-unsaturated/α-hetero) is 1. The molecule has 8 heteroatoms. The first-order valence-electron chi connectivity index (χ1n) is 12.4. The summed E-state index contributed by atoms with van der Waals surface area (Å²) >= 11 is 0. The van der Waals surface area contributed by atoms with Gasteiger partial charge >= 0.3 is 11.9 Å². The Morgan fingerprint density at radius 3 is 2.38 bits per heavy atom. The average Bonchev–Trinajstić information content (AvgIpc) is 3.38. The zero-order valence-corrected chi connectivity index (χ0v) is 20.0. The van der Waals surface area contributed by atoms with Gasteiger partial charge in [0.2, 0.25) is 0 Å². The second kappa shape index (κ2) is 16.1. The average molecular weight is 457 g/mol. The van der Waals surface area contributed by atoms with E-state index in [9.17, 15) is 14.4 Å². The van der Waals surface area contributed by atoms with Crippen molar-refractivity contribution in [3.05, 3.63) is 25.3 Å². The van der Waals surface area contributed by atoms with Crippen LogP contribution in [0, 0.1) is 11.8 Å². The molecule has 32 heavy (non-hydrogen) atoms. The number of ketones is 1. The number of hydrogen-bond acceptors (Lipinski definition) is 6. The molecule has 1 saturated carbocycles. The molecule has 0 aliphatic heterocycles. The van der Waals surface area contributed by atoms with Crippen LogP contribution in [-0.2, 0) is 23.9 Å². The number of ether oxygens (including phenoxy) is 2. The number of nitrogens with two attached hydrogens (primary N) is 2. The van der Waals surface area contributed by atoms with Crippen LogP contribution in [0.2, 0.25) is 0 Å². The van der Waals surface area contributed by atoms with Crippen LogP contribution in [0.25, 0.3) is 0 Å². The molecule has 0 aromatic carbocycles. The highest BCUT2D eigenvalue weighted by molar-refractivity contribution is 6.14. The van der Waals surface area contributed by atoms with E-state index in [1.807, 2.05) is 33.8 Å². The van der Waals surface area contributed by atoms with Crippen molar-refractivity contribution in [1.82, 2.24) is 0 Å².